The number of rotatable bonds is 4. The number of carbonyl (C=O) groups is 1. The van der Waals surface area contributed by atoms with Gasteiger partial charge in [0.05, 0.1) is 11.9 Å². The standard InChI is InChI=1S/C18H20N4OS/c1-5-22(15-9-7-6-8-12(15)2)18(23)16-13(3)20-17(24-16)14-10-19-21(4)11-14/h6-11H,5H2,1-4H3. The van der Waals surface area contributed by atoms with Crippen LogP contribution in [-0.4, -0.2) is 27.2 Å². The molecule has 5 nitrogen and oxygen atoms in total. The molecule has 0 aliphatic heterocycles. The number of hydrogen-bond acceptors (Lipinski definition) is 4. The van der Waals surface area contributed by atoms with Gasteiger partial charge in [0.25, 0.3) is 5.91 Å². The number of anilines is 1. The van der Waals surface area contributed by atoms with E-state index in [1.165, 1.54) is 11.3 Å². The number of aromatic nitrogens is 3. The summed E-state index contributed by atoms with van der Waals surface area (Å²) in [6.45, 7) is 6.51. The van der Waals surface area contributed by atoms with Gasteiger partial charge in [0.1, 0.15) is 9.88 Å². The molecule has 0 aliphatic carbocycles. The van der Waals surface area contributed by atoms with Crippen molar-refractivity contribution in [2.75, 3.05) is 11.4 Å². The first kappa shape index (κ1) is 16.4. The van der Waals surface area contributed by atoms with Gasteiger partial charge in [-0.3, -0.25) is 9.48 Å². The molecule has 2 heterocycles. The van der Waals surface area contributed by atoms with Crippen molar-refractivity contribution in [2.45, 2.75) is 20.8 Å². The molecule has 2 aromatic heterocycles. The Kier molecular flexibility index (Phi) is 4.49. The van der Waals surface area contributed by atoms with Gasteiger partial charge < -0.3 is 4.90 Å². The minimum atomic E-state index is -0.00283. The highest BCUT2D eigenvalue weighted by atomic mass is 32.1. The highest BCUT2D eigenvalue weighted by Crippen LogP contribution is 2.30. The molecular weight excluding hydrogens is 320 g/mol. The second kappa shape index (κ2) is 6.57. The molecular formula is C18H20N4OS. The van der Waals surface area contributed by atoms with E-state index < -0.39 is 0 Å². The molecule has 0 saturated carbocycles. The van der Waals surface area contributed by atoms with E-state index in [-0.39, 0.29) is 5.91 Å². The first-order valence-electron chi connectivity index (χ1n) is 7.85. The van der Waals surface area contributed by atoms with Crippen LogP contribution in [-0.2, 0) is 7.05 Å². The van der Waals surface area contributed by atoms with Gasteiger partial charge in [-0.1, -0.05) is 18.2 Å². The Morgan fingerprint density at radius 1 is 1.29 bits per heavy atom. The molecule has 3 rings (SSSR count). The molecule has 124 valence electrons. The maximum Gasteiger partial charge on any atom is 0.270 e. The van der Waals surface area contributed by atoms with Crippen molar-refractivity contribution in [2.24, 2.45) is 7.05 Å². The van der Waals surface area contributed by atoms with Crippen LogP contribution in [0.3, 0.4) is 0 Å². The number of thiazole rings is 1. The summed E-state index contributed by atoms with van der Waals surface area (Å²) < 4.78 is 1.74. The molecule has 1 amide bonds. The first-order valence-corrected chi connectivity index (χ1v) is 8.66. The molecule has 0 N–H and O–H groups in total. The SMILES string of the molecule is CCN(C(=O)c1sc(-c2cnn(C)c2)nc1C)c1ccccc1C. The highest BCUT2D eigenvalue weighted by Gasteiger charge is 2.23. The number of amides is 1. The molecule has 1 aromatic carbocycles. The predicted octanol–water partition coefficient (Wildman–Crippen LogP) is 3.83. The highest BCUT2D eigenvalue weighted by molar-refractivity contribution is 7.17. The van der Waals surface area contributed by atoms with Crippen molar-refractivity contribution in [1.29, 1.82) is 0 Å². The maximum atomic E-state index is 13.1. The van der Waals surface area contributed by atoms with Crippen LogP contribution in [0, 0.1) is 13.8 Å². The van der Waals surface area contributed by atoms with E-state index in [0.717, 1.165) is 27.5 Å². The van der Waals surface area contributed by atoms with E-state index in [0.29, 0.717) is 11.4 Å². The molecule has 6 heteroatoms. The quantitative estimate of drug-likeness (QED) is 0.725. The average Bonchev–Trinajstić information content (AvgIpc) is 3.15. The summed E-state index contributed by atoms with van der Waals surface area (Å²) in [7, 11) is 1.87. The molecule has 0 fully saturated rings. The van der Waals surface area contributed by atoms with E-state index >= 15 is 0 Å². The van der Waals surface area contributed by atoms with Crippen LogP contribution in [0.2, 0.25) is 0 Å². The van der Waals surface area contributed by atoms with Crippen molar-refractivity contribution in [3.8, 4) is 10.6 Å². The third kappa shape index (κ3) is 2.97. The Bertz CT molecular complexity index is 881. The van der Waals surface area contributed by atoms with Gasteiger partial charge in [0.15, 0.2) is 0 Å². The summed E-state index contributed by atoms with van der Waals surface area (Å²) in [5, 5.41) is 5.00. The largest absolute Gasteiger partial charge is 0.308 e. The average molecular weight is 340 g/mol. The second-order valence-electron chi connectivity index (χ2n) is 5.67. The van der Waals surface area contributed by atoms with Crippen LogP contribution in [0.4, 0.5) is 5.69 Å². The lowest BCUT2D eigenvalue weighted by atomic mass is 10.1. The van der Waals surface area contributed by atoms with Crippen molar-refractivity contribution in [3.05, 3.63) is 52.8 Å². The molecule has 0 unspecified atom stereocenters. The van der Waals surface area contributed by atoms with Gasteiger partial charge >= 0.3 is 0 Å². The van der Waals surface area contributed by atoms with Gasteiger partial charge in [-0.15, -0.1) is 11.3 Å². The molecule has 0 radical (unpaired) electrons. The Balaban J connectivity index is 1.97. The Labute approximate surface area is 145 Å². The van der Waals surface area contributed by atoms with Crippen LogP contribution < -0.4 is 4.90 Å². The van der Waals surface area contributed by atoms with Gasteiger partial charge in [0, 0.05) is 31.0 Å². The number of benzene rings is 1. The number of nitrogens with zero attached hydrogens (tertiary/aromatic N) is 4. The fourth-order valence-electron chi connectivity index (χ4n) is 2.66. The Morgan fingerprint density at radius 3 is 2.67 bits per heavy atom. The topological polar surface area (TPSA) is 51.0 Å². The number of carbonyl (C=O) groups excluding carboxylic acids is 1. The Hall–Kier alpha value is -2.47. The lowest BCUT2D eigenvalue weighted by Gasteiger charge is -2.22. The zero-order chi connectivity index (χ0) is 17.3. The maximum absolute atomic E-state index is 13.1. The van der Waals surface area contributed by atoms with Gasteiger partial charge in [0.2, 0.25) is 0 Å². The van der Waals surface area contributed by atoms with Gasteiger partial charge in [-0.05, 0) is 32.4 Å². The van der Waals surface area contributed by atoms with Crippen molar-refractivity contribution >= 4 is 22.9 Å². The summed E-state index contributed by atoms with van der Waals surface area (Å²) in [6, 6.07) is 7.94. The van der Waals surface area contributed by atoms with E-state index in [2.05, 4.69) is 10.1 Å². The van der Waals surface area contributed by atoms with Crippen molar-refractivity contribution in [1.82, 2.24) is 14.8 Å². The fourth-order valence-corrected chi connectivity index (χ4v) is 3.65. The molecule has 3 aromatic rings. The van der Waals surface area contributed by atoms with Crippen LogP contribution in [0.5, 0.6) is 0 Å². The molecule has 0 atom stereocenters. The number of hydrogen-bond donors (Lipinski definition) is 0. The zero-order valence-corrected chi connectivity index (χ0v) is 15.1. The summed E-state index contributed by atoms with van der Waals surface area (Å²) >= 11 is 1.42. The summed E-state index contributed by atoms with van der Waals surface area (Å²) in [6.07, 6.45) is 3.68. The monoisotopic (exact) mass is 340 g/mol. The summed E-state index contributed by atoms with van der Waals surface area (Å²) in [5.74, 6) is -0.00283. The second-order valence-corrected chi connectivity index (χ2v) is 6.67. The van der Waals surface area contributed by atoms with E-state index in [9.17, 15) is 4.79 Å². The molecule has 0 bridgehead atoms. The van der Waals surface area contributed by atoms with Crippen molar-refractivity contribution < 1.29 is 4.79 Å². The predicted molar refractivity (Wildman–Crippen MR) is 97.6 cm³/mol. The molecule has 24 heavy (non-hydrogen) atoms. The molecule has 0 spiro atoms. The minimum absolute atomic E-state index is 0.00283. The number of para-hydroxylation sites is 1. The zero-order valence-electron chi connectivity index (χ0n) is 14.3. The Morgan fingerprint density at radius 2 is 2.04 bits per heavy atom. The minimum Gasteiger partial charge on any atom is -0.308 e. The van der Waals surface area contributed by atoms with Gasteiger partial charge in [-0.25, -0.2) is 4.98 Å². The molecule has 0 saturated heterocycles. The van der Waals surface area contributed by atoms with Gasteiger partial charge in [-0.2, -0.15) is 5.10 Å². The first-order chi connectivity index (χ1) is 11.5. The summed E-state index contributed by atoms with van der Waals surface area (Å²) in [5.41, 5.74) is 3.72. The lowest BCUT2D eigenvalue weighted by molar-refractivity contribution is 0.0991. The van der Waals surface area contributed by atoms with Crippen molar-refractivity contribution in [3.63, 3.8) is 0 Å². The van der Waals surface area contributed by atoms with E-state index in [4.69, 9.17) is 0 Å². The summed E-state index contributed by atoms with van der Waals surface area (Å²) in [4.78, 5) is 20.1. The van der Waals surface area contributed by atoms with Crippen LogP contribution >= 0.6 is 11.3 Å². The lowest BCUT2D eigenvalue weighted by Crippen LogP contribution is -2.31. The van der Waals surface area contributed by atoms with E-state index in [1.807, 2.05) is 63.2 Å². The van der Waals surface area contributed by atoms with Crippen LogP contribution in [0.1, 0.15) is 27.9 Å². The van der Waals surface area contributed by atoms with E-state index in [1.54, 1.807) is 10.9 Å². The molecule has 0 aliphatic rings. The van der Waals surface area contributed by atoms with Crippen LogP contribution in [0.15, 0.2) is 36.7 Å². The fraction of sp³-hybridized carbons (Fsp3) is 0.278. The smallest absolute Gasteiger partial charge is 0.270 e. The third-order valence-electron chi connectivity index (χ3n) is 3.91. The normalized spacial score (nSPS) is 10.8. The number of aryl methyl sites for hydroxylation is 3. The van der Waals surface area contributed by atoms with Crippen LogP contribution in [0.25, 0.3) is 10.6 Å². The third-order valence-corrected chi connectivity index (χ3v) is 5.10.